The van der Waals surface area contributed by atoms with Crippen molar-refractivity contribution in [2.75, 3.05) is 5.88 Å². The third-order valence-electron chi connectivity index (χ3n) is 3.55. The fourth-order valence-electron chi connectivity index (χ4n) is 1.99. The van der Waals surface area contributed by atoms with Gasteiger partial charge in [0.1, 0.15) is 5.82 Å². The molecule has 2 aromatic rings. The average Bonchev–Trinajstić information content (AvgIpc) is 2.82. The van der Waals surface area contributed by atoms with Crippen LogP contribution in [0.5, 0.6) is 0 Å². The van der Waals surface area contributed by atoms with Crippen molar-refractivity contribution >= 4 is 38.9 Å². The van der Waals surface area contributed by atoms with Crippen molar-refractivity contribution in [3.05, 3.63) is 35.0 Å². The number of amides is 1. The van der Waals surface area contributed by atoms with E-state index in [0.29, 0.717) is 10.8 Å². The van der Waals surface area contributed by atoms with Crippen LogP contribution in [0.25, 0.3) is 10.1 Å². The fourth-order valence-corrected chi connectivity index (χ4v) is 3.39. The first-order valence-corrected chi connectivity index (χ1v) is 7.90. The van der Waals surface area contributed by atoms with Gasteiger partial charge in [-0.2, -0.15) is 0 Å². The predicted molar refractivity (Wildman–Crippen MR) is 83.3 cm³/mol. The monoisotopic (exact) mass is 313 g/mol. The minimum atomic E-state index is -0.305. The van der Waals surface area contributed by atoms with Gasteiger partial charge in [0, 0.05) is 16.1 Å². The first-order valence-electron chi connectivity index (χ1n) is 6.55. The average molecular weight is 314 g/mol. The highest BCUT2D eigenvalue weighted by Gasteiger charge is 2.24. The van der Waals surface area contributed by atoms with Gasteiger partial charge in [-0.05, 0) is 43.4 Å². The zero-order valence-electron chi connectivity index (χ0n) is 11.5. The summed E-state index contributed by atoms with van der Waals surface area (Å²) in [5.74, 6) is 0.0929. The van der Waals surface area contributed by atoms with Crippen LogP contribution in [0.2, 0.25) is 0 Å². The summed E-state index contributed by atoms with van der Waals surface area (Å²) in [6.45, 7) is 4.01. The van der Waals surface area contributed by atoms with Gasteiger partial charge in [0.05, 0.1) is 4.88 Å². The minimum absolute atomic E-state index is 0.124. The van der Waals surface area contributed by atoms with Crippen molar-refractivity contribution in [1.29, 1.82) is 0 Å². The number of carbonyl (C=O) groups is 1. The van der Waals surface area contributed by atoms with Gasteiger partial charge in [0.25, 0.3) is 5.91 Å². The molecular weight excluding hydrogens is 297 g/mol. The minimum Gasteiger partial charge on any atom is -0.346 e. The maximum atomic E-state index is 13.2. The number of rotatable bonds is 5. The van der Waals surface area contributed by atoms with Crippen LogP contribution in [0.1, 0.15) is 36.4 Å². The molecule has 0 fully saturated rings. The van der Waals surface area contributed by atoms with Gasteiger partial charge in [0.2, 0.25) is 0 Å². The van der Waals surface area contributed by atoms with Gasteiger partial charge in [-0.15, -0.1) is 22.9 Å². The topological polar surface area (TPSA) is 29.1 Å². The van der Waals surface area contributed by atoms with E-state index in [1.54, 1.807) is 12.1 Å². The number of halogens is 2. The second-order valence-electron chi connectivity index (χ2n) is 5.10. The zero-order valence-corrected chi connectivity index (χ0v) is 13.1. The molecule has 1 aromatic heterocycles. The van der Waals surface area contributed by atoms with Crippen LogP contribution in [0.15, 0.2) is 24.3 Å². The molecule has 108 valence electrons. The van der Waals surface area contributed by atoms with E-state index in [0.717, 1.165) is 22.9 Å². The number of benzene rings is 1. The summed E-state index contributed by atoms with van der Waals surface area (Å²) in [4.78, 5) is 12.9. The van der Waals surface area contributed by atoms with Gasteiger partial charge in [-0.25, -0.2) is 4.39 Å². The predicted octanol–water partition coefficient (Wildman–Crippen LogP) is 4.57. The van der Waals surface area contributed by atoms with Crippen molar-refractivity contribution in [2.24, 2.45) is 0 Å². The maximum Gasteiger partial charge on any atom is 0.261 e. The standard InChI is InChI=1S/C15H17ClFNOS/c1-3-15(2,6-7-16)18-14(19)13-8-10-4-5-11(17)9-12(10)20-13/h4-5,8-9H,3,6-7H2,1-2H3,(H,18,19). The summed E-state index contributed by atoms with van der Waals surface area (Å²) in [7, 11) is 0. The second kappa shape index (κ2) is 6.10. The van der Waals surface area contributed by atoms with Crippen LogP contribution < -0.4 is 5.32 Å². The van der Waals surface area contributed by atoms with Crippen molar-refractivity contribution in [2.45, 2.75) is 32.2 Å². The molecule has 1 N–H and O–H groups in total. The molecule has 0 aliphatic heterocycles. The van der Waals surface area contributed by atoms with E-state index in [9.17, 15) is 9.18 Å². The lowest BCUT2D eigenvalue weighted by Crippen LogP contribution is -2.45. The Hall–Kier alpha value is -1.13. The van der Waals surface area contributed by atoms with Gasteiger partial charge in [-0.1, -0.05) is 13.0 Å². The van der Waals surface area contributed by atoms with E-state index < -0.39 is 0 Å². The highest BCUT2D eigenvalue weighted by atomic mass is 35.5. The lowest BCUT2D eigenvalue weighted by Gasteiger charge is -2.28. The third kappa shape index (κ3) is 3.30. The first kappa shape index (κ1) is 15.3. The Labute approximate surface area is 126 Å². The van der Waals surface area contributed by atoms with Crippen molar-refractivity contribution in [3.63, 3.8) is 0 Å². The SMILES string of the molecule is CCC(C)(CCCl)NC(=O)c1cc2ccc(F)cc2s1. The fraction of sp³-hybridized carbons (Fsp3) is 0.400. The first-order chi connectivity index (χ1) is 9.47. The summed E-state index contributed by atoms with van der Waals surface area (Å²) in [5.41, 5.74) is -0.305. The van der Waals surface area contributed by atoms with Crippen molar-refractivity contribution < 1.29 is 9.18 Å². The van der Waals surface area contributed by atoms with Gasteiger partial charge >= 0.3 is 0 Å². The molecular formula is C15H17ClFNOS. The molecule has 0 radical (unpaired) electrons. The molecule has 2 nitrogen and oxygen atoms in total. The van der Waals surface area contributed by atoms with Crippen LogP contribution >= 0.6 is 22.9 Å². The van der Waals surface area contributed by atoms with E-state index in [4.69, 9.17) is 11.6 Å². The Kier molecular flexibility index (Phi) is 4.66. The summed E-state index contributed by atoms with van der Waals surface area (Å²) < 4.78 is 13.9. The summed E-state index contributed by atoms with van der Waals surface area (Å²) in [5, 5.41) is 3.92. The van der Waals surface area contributed by atoms with Crippen LogP contribution in [0.4, 0.5) is 4.39 Å². The summed E-state index contributed by atoms with van der Waals surface area (Å²) >= 11 is 7.09. The van der Waals surface area contributed by atoms with E-state index >= 15 is 0 Å². The van der Waals surface area contributed by atoms with Crippen LogP contribution in [0, 0.1) is 5.82 Å². The quantitative estimate of drug-likeness (QED) is 0.805. The van der Waals surface area contributed by atoms with E-state index in [1.165, 1.54) is 23.5 Å². The van der Waals surface area contributed by atoms with E-state index in [-0.39, 0.29) is 17.3 Å². The Morgan fingerprint density at radius 3 is 2.85 bits per heavy atom. The van der Waals surface area contributed by atoms with Crippen LogP contribution in [-0.4, -0.2) is 17.3 Å². The summed E-state index contributed by atoms with van der Waals surface area (Å²) in [6.07, 6.45) is 1.53. The normalized spacial score (nSPS) is 14.2. The molecule has 1 amide bonds. The molecule has 1 heterocycles. The van der Waals surface area contributed by atoms with Gasteiger partial charge < -0.3 is 5.32 Å². The maximum absolute atomic E-state index is 13.2. The molecule has 5 heteroatoms. The number of thiophene rings is 1. The number of carbonyl (C=O) groups excluding carboxylic acids is 1. The van der Waals surface area contributed by atoms with Gasteiger partial charge in [-0.3, -0.25) is 4.79 Å². The molecule has 0 spiro atoms. The molecule has 1 atom stereocenters. The van der Waals surface area contributed by atoms with E-state index in [2.05, 4.69) is 5.32 Å². The number of nitrogens with one attached hydrogen (secondary N) is 1. The highest BCUT2D eigenvalue weighted by Crippen LogP contribution is 2.27. The van der Waals surface area contributed by atoms with Crippen molar-refractivity contribution in [1.82, 2.24) is 5.32 Å². The molecule has 0 saturated heterocycles. The molecule has 0 aliphatic rings. The Bertz CT molecular complexity index is 627. The number of hydrogen-bond acceptors (Lipinski definition) is 2. The largest absolute Gasteiger partial charge is 0.346 e. The van der Waals surface area contributed by atoms with Gasteiger partial charge in [0.15, 0.2) is 0 Å². The molecule has 0 saturated carbocycles. The lowest BCUT2D eigenvalue weighted by molar-refractivity contribution is 0.0906. The Balaban J connectivity index is 2.22. The Morgan fingerprint density at radius 2 is 2.20 bits per heavy atom. The molecule has 0 aliphatic carbocycles. The number of alkyl halides is 1. The number of hydrogen-bond donors (Lipinski definition) is 1. The molecule has 1 unspecified atom stereocenters. The summed E-state index contributed by atoms with van der Waals surface area (Å²) in [6, 6.07) is 6.34. The number of fused-ring (bicyclic) bond motifs is 1. The zero-order chi connectivity index (χ0) is 14.8. The lowest BCUT2D eigenvalue weighted by atomic mass is 9.95. The van der Waals surface area contributed by atoms with Crippen molar-refractivity contribution in [3.8, 4) is 0 Å². The third-order valence-corrected chi connectivity index (χ3v) is 4.83. The van der Waals surface area contributed by atoms with E-state index in [1.807, 2.05) is 13.8 Å². The van der Waals surface area contributed by atoms with Crippen LogP contribution in [-0.2, 0) is 0 Å². The van der Waals surface area contributed by atoms with Crippen LogP contribution in [0.3, 0.4) is 0 Å². The molecule has 20 heavy (non-hydrogen) atoms. The molecule has 1 aromatic carbocycles. The Morgan fingerprint density at radius 1 is 1.45 bits per heavy atom. The highest BCUT2D eigenvalue weighted by molar-refractivity contribution is 7.20. The molecule has 0 bridgehead atoms. The second-order valence-corrected chi connectivity index (χ2v) is 6.56. The molecule has 2 rings (SSSR count). The smallest absolute Gasteiger partial charge is 0.261 e.